The van der Waals surface area contributed by atoms with Gasteiger partial charge in [-0.1, -0.05) is 117 Å². The Morgan fingerprint density at radius 2 is 0.979 bits per heavy atom. The second-order valence-corrected chi connectivity index (χ2v) is 13.3. The average molecular weight is 709 g/mol. The van der Waals surface area contributed by atoms with Gasteiger partial charge in [-0.05, 0) is 32.2 Å². The Morgan fingerprint density at radius 1 is 0.604 bits per heavy atom. The van der Waals surface area contributed by atoms with Crippen LogP contribution in [-0.4, -0.2) is 91.2 Å². The molecule has 10 nitrogen and oxygen atoms in total. The Hall–Kier alpha value is -1.46. The maximum absolute atomic E-state index is 12.2. The summed E-state index contributed by atoms with van der Waals surface area (Å²) in [4.78, 5) is 38.0. The first kappa shape index (κ1) is 48.7. The van der Waals surface area contributed by atoms with E-state index in [4.69, 9.17) is 14.2 Å². The van der Waals surface area contributed by atoms with Crippen LogP contribution in [0.2, 0.25) is 0 Å². The van der Waals surface area contributed by atoms with Crippen LogP contribution in [0.25, 0.3) is 0 Å². The zero-order chi connectivity index (χ0) is 35.0. The summed E-state index contributed by atoms with van der Waals surface area (Å²) < 4.78 is 15.4. The first-order valence-corrected chi connectivity index (χ1v) is 19.0. The average Bonchev–Trinajstić information content (AvgIpc) is 3.06. The highest BCUT2D eigenvalue weighted by atomic mass is 35.5. The number of carbonyl (C=O) groups excluding carboxylic acids is 3. The summed E-state index contributed by atoms with van der Waals surface area (Å²) in [5.41, 5.74) is 3.84. The molecule has 0 aromatic rings. The van der Waals surface area contributed by atoms with E-state index in [-0.39, 0.29) is 56.6 Å². The molecule has 0 amide bonds. The maximum Gasteiger partial charge on any atom is 0.364 e. The van der Waals surface area contributed by atoms with E-state index in [1.807, 2.05) is 4.90 Å². The van der Waals surface area contributed by atoms with Gasteiger partial charge >= 0.3 is 17.9 Å². The number of nitrogens with zero attached hydrogens (tertiary/aromatic N) is 1. The highest BCUT2D eigenvalue weighted by molar-refractivity contribution is 5.73. The zero-order valence-corrected chi connectivity index (χ0v) is 31.7. The number of ether oxygens (including phenoxy) is 3. The minimum atomic E-state index is -0.917. The summed E-state index contributed by atoms with van der Waals surface area (Å²) in [7, 11) is 1.34. The van der Waals surface area contributed by atoms with Gasteiger partial charge in [0.25, 0.3) is 0 Å². The van der Waals surface area contributed by atoms with E-state index in [9.17, 15) is 24.6 Å². The van der Waals surface area contributed by atoms with Crippen LogP contribution in [0.3, 0.4) is 0 Å². The summed E-state index contributed by atoms with van der Waals surface area (Å²) in [6.07, 6.45) is 21.9. The summed E-state index contributed by atoms with van der Waals surface area (Å²) >= 11 is 0. The van der Waals surface area contributed by atoms with Crippen molar-refractivity contribution in [3.05, 3.63) is 0 Å². The normalized spacial score (nSPS) is 13.1. The molecule has 3 unspecified atom stereocenters. The molecule has 0 saturated carbocycles. The molecule has 48 heavy (non-hydrogen) atoms. The van der Waals surface area contributed by atoms with Crippen LogP contribution in [0.5, 0.6) is 0 Å². The van der Waals surface area contributed by atoms with E-state index in [2.05, 4.69) is 19.6 Å². The molecule has 0 bridgehead atoms. The largest absolute Gasteiger partial charge is 1.00 e. The molecular weight excluding hydrogens is 636 g/mol. The second-order valence-electron chi connectivity index (χ2n) is 13.3. The summed E-state index contributed by atoms with van der Waals surface area (Å²) in [6.45, 7) is 5.14. The number of unbranched alkanes of at least 4 members (excludes halogenated alkanes) is 17. The Morgan fingerprint density at radius 3 is 1.35 bits per heavy atom. The Bertz CT molecular complexity index is 715. The van der Waals surface area contributed by atoms with Crippen LogP contribution in [-0.2, 0) is 28.6 Å². The fourth-order valence-electron chi connectivity index (χ4n) is 5.65. The lowest BCUT2D eigenvalue weighted by Gasteiger charge is -2.27. The molecule has 0 aliphatic carbocycles. The Balaban J connectivity index is 0. The van der Waals surface area contributed by atoms with E-state index in [1.165, 1.54) is 84.2 Å². The molecule has 0 spiro atoms. The van der Waals surface area contributed by atoms with Crippen molar-refractivity contribution >= 4 is 17.9 Å². The number of aliphatic hydroxyl groups is 2. The lowest BCUT2D eigenvalue weighted by atomic mass is 10.1. The molecule has 0 heterocycles. The van der Waals surface area contributed by atoms with Gasteiger partial charge in [0.1, 0.15) is 25.4 Å². The van der Waals surface area contributed by atoms with Gasteiger partial charge in [-0.2, -0.15) is 0 Å². The van der Waals surface area contributed by atoms with E-state index in [1.54, 1.807) is 0 Å². The number of quaternary nitrogens is 1. The number of methoxy groups -OCH3 is 1. The molecule has 0 radical (unpaired) electrons. The number of hydrogen-bond donors (Lipinski definition) is 3. The number of rotatable bonds is 34. The fraction of sp³-hybridized carbons (Fsp3) is 0.919. The number of esters is 3. The monoisotopic (exact) mass is 709 g/mol. The van der Waals surface area contributed by atoms with E-state index in [0.29, 0.717) is 38.6 Å². The number of aliphatic hydroxyl groups excluding tert-OH is 2. The van der Waals surface area contributed by atoms with Gasteiger partial charge in [0, 0.05) is 32.4 Å². The van der Waals surface area contributed by atoms with Gasteiger partial charge < -0.3 is 42.6 Å². The molecule has 3 atom stereocenters. The first-order valence-electron chi connectivity index (χ1n) is 19.0. The molecule has 0 aliphatic rings. The SMILES string of the molecule is CCCCCCCCCCCC(=O)OCC(O)CN(CCCCC([NH3+])C(=O)OC)CC(O)COC(=O)CCCCCCCCCCC.[Cl-]. The van der Waals surface area contributed by atoms with Crippen molar-refractivity contribution in [1.82, 2.24) is 4.90 Å². The number of halogens is 1. The lowest BCUT2D eigenvalue weighted by molar-refractivity contribution is -0.409. The second kappa shape index (κ2) is 35.4. The number of carbonyl (C=O) groups is 3. The Kier molecular flexibility index (Phi) is 35.9. The maximum atomic E-state index is 12.2. The predicted molar refractivity (Wildman–Crippen MR) is 187 cm³/mol. The molecule has 0 aromatic heterocycles. The van der Waals surface area contributed by atoms with Gasteiger partial charge in [-0.25, -0.2) is 4.79 Å². The molecule has 286 valence electrons. The van der Waals surface area contributed by atoms with Crippen molar-refractivity contribution in [2.75, 3.05) is 40.0 Å². The van der Waals surface area contributed by atoms with Crippen LogP contribution in [0, 0.1) is 0 Å². The molecule has 0 aromatic carbocycles. The molecule has 5 N–H and O–H groups in total. The molecule has 0 fully saturated rings. The van der Waals surface area contributed by atoms with Crippen molar-refractivity contribution in [1.29, 1.82) is 0 Å². The fourth-order valence-corrected chi connectivity index (χ4v) is 5.65. The van der Waals surface area contributed by atoms with E-state index >= 15 is 0 Å². The minimum absolute atomic E-state index is 0. The first-order chi connectivity index (χ1) is 22.7. The predicted octanol–water partition coefficient (Wildman–Crippen LogP) is 2.90. The van der Waals surface area contributed by atoms with Crippen LogP contribution in [0.15, 0.2) is 0 Å². The van der Waals surface area contributed by atoms with Gasteiger partial charge in [0.2, 0.25) is 0 Å². The van der Waals surface area contributed by atoms with Crippen molar-refractivity contribution in [3.63, 3.8) is 0 Å². The van der Waals surface area contributed by atoms with Gasteiger partial charge in [-0.3, -0.25) is 14.5 Å². The molecule has 11 heteroatoms. The third kappa shape index (κ3) is 31.8. The molecular formula is C37H73ClN2O8. The van der Waals surface area contributed by atoms with E-state index < -0.39 is 18.2 Å². The summed E-state index contributed by atoms with van der Waals surface area (Å²) in [6, 6.07) is -0.444. The van der Waals surface area contributed by atoms with Crippen molar-refractivity contribution in [2.24, 2.45) is 0 Å². The summed E-state index contributed by atoms with van der Waals surface area (Å²) in [5.74, 6) is -0.954. The third-order valence-electron chi connectivity index (χ3n) is 8.59. The third-order valence-corrected chi connectivity index (χ3v) is 8.59. The smallest absolute Gasteiger partial charge is 0.364 e. The highest BCUT2D eigenvalue weighted by Gasteiger charge is 2.20. The van der Waals surface area contributed by atoms with Crippen molar-refractivity contribution in [3.8, 4) is 0 Å². The van der Waals surface area contributed by atoms with Crippen LogP contribution >= 0.6 is 0 Å². The molecule has 0 saturated heterocycles. The lowest BCUT2D eigenvalue weighted by Crippen LogP contribution is -3.00. The topological polar surface area (TPSA) is 150 Å². The molecule has 0 rings (SSSR count). The van der Waals surface area contributed by atoms with Gasteiger partial charge in [0.05, 0.1) is 7.11 Å². The van der Waals surface area contributed by atoms with Crippen LogP contribution < -0.4 is 18.1 Å². The van der Waals surface area contributed by atoms with Crippen molar-refractivity contribution < 1.29 is 56.9 Å². The molecule has 0 aliphatic heterocycles. The minimum Gasteiger partial charge on any atom is -1.00 e. The van der Waals surface area contributed by atoms with Crippen LogP contribution in [0.4, 0.5) is 0 Å². The summed E-state index contributed by atoms with van der Waals surface area (Å²) in [5, 5.41) is 21.3. The van der Waals surface area contributed by atoms with Gasteiger partial charge in [0.15, 0.2) is 6.04 Å². The Labute approximate surface area is 299 Å². The zero-order valence-electron chi connectivity index (χ0n) is 30.9. The van der Waals surface area contributed by atoms with Gasteiger partial charge in [-0.15, -0.1) is 0 Å². The highest BCUT2D eigenvalue weighted by Crippen LogP contribution is 2.13. The van der Waals surface area contributed by atoms with E-state index in [0.717, 1.165) is 38.5 Å². The number of hydrogen-bond acceptors (Lipinski definition) is 9. The van der Waals surface area contributed by atoms with Crippen LogP contribution in [0.1, 0.15) is 162 Å². The standard InChI is InChI=1S/C37H72N2O8.ClH/c1-4-6-8-10-12-14-16-18-20-25-35(42)46-30-32(40)28-39(27-23-22-24-34(38)37(44)45-3)29-33(41)31-47-36(43)26-21-19-17-15-13-11-9-7-5-2;/h32-34,40-41H,4-31,38H2,1-3H3;1H. The quantitative estimate of drug-likeness (QED) is 0.0521. The van der Waals surface area contributed by atoms with Crippen molar-refractivity contribution in [2.45, 2.75) is 180 Å².